The van der Waals surface area contributed by atoms with Gasteiger partial charge in [0.05, 0.1) is 10.8 Å². The van der Waals surface area contributed by atoms with E-state index in [2.05, 4.69) is 5.32 Å². The molecule has 1 saturated heterocycles. The average Bonchev–Trinajstić information content (AvgIpc) is 3.42. The molecule has 1 aliphatic carbocycles. The number of nitrogens with zero attached hydrogens (tertiary/aromatic N) is 2. The van der Waals surface area contributed by atoms with Crippen LogP contribution in [0.15, 0.2) is 23.1 Å². The van der Waals surface area contributed by atoms with Gasteiger partial charge < -0.3 is 10.2 Å². The summed E-state index contributed by atoms with van der Waals surface area (Å²) in [6.45, 7) is 3.26. The van der Waals surface area contributed by atoms with E-state index in [1.165, 1.54) is 10.4 Å². The standard InChI is InChI=1S/C17H21N3O4S/c1-11-14-10-13(4-5-15(14)18-16(11)21)25(23,24)20-8-6-19(7-9-20)17(22)12-2-3-12/h4-5,10-12H,2-3,6-9H2,1H3,(H,18,21)/t11-/m1/s1. The number of nitrogens with one attached hydrogen (secondary N) is 1. The molecule has 1 N–H and O–H groups in total. The Morgan fingerprint density at radius 2 is 1.84 bits per heavy atom. The summed E-state index contributed by atoms with van der Waals surface area (Å²) in [5.74, 6) is -0.144. The summed E-state index contributed by atoms with van der Waals surface area (Å²) in [7, 11) is -3.62. The Hall–Kier alpha value is -1.93. The zero-order valence-electron chi connectivity index (χ0n) is 14.1. The van der Waals surface area contributed by atoms with Crippen LogP contribution in [0, 0.1) is 5.92 Å². The number of amides is 2. The van der Waals surface area contributed by atoms with Crippen LogP contribution in [0.2, 0.25) is 0 Å². The lowest BCUT2D eigenvalue weighted by Crippen LogP contribution is -2.50. The van der Waals surface area contributed by atoms with Crippen molar-refractivity contribution in [2.24, 2.45) is 5.92 Å². The number of carbonyl (C=O) groups excluding carboxylic acids is 2. The smallest absolute Gasteiger partial charge is 0.243 e. The van der Waals surface area contributed by atoms with Crippen molar-refractivity contribution >= 4 is 27.5 Å². The van der Waals surface area contributed by atoms with E-state index in [0.29, 0.717) is 37.4 Å². The summed E-state index contributed by atoms with van der Waals surface area (Å²) in [5.41, 5.74) is 1.39. The molecule has 2 fully saturated rings. The molecular formula is C17H21N3O4S. The second-order valence-corrected chi connectivity index (χ2v) is 8.90. The molecule has 134 valence electrons. The van der Waals surface area contributed by atoms with Crippen LogP contribution in [-0.2, 0) is 19.6 Å². The van der Waals surface area contributed by atoms with Gasteiger partial charge in [0, 0.05) is 37.8 Å². The quantitative estimate of drug-likeness (QED) is 0.867. The highest BCUT2D eigenvalue weighted by Gasteiger charge is 2.37. The summed E-state index contributed by atoms with van der Waals surface area (Å²) in [6.07, 6.45) is 1.91. The lowest BCUT2D eigenvalue weighted by atomic mass is 10.0. The fraction of sp³-hybridized carbons (Fsp3) is 0.529. The molecule has 2 heterocycles. The van der Waals surface area contributed by atoms with E-state index >= 15 is 0 Å². The van der Waals surface area contributed by atoms with Gasteiger partial charge in [0.1, 0.15) is 0 Å². The lowest BCUT2D eigenvalue weighted by molar-refractivity contribution is -0.133. The van der Waals surface area contributed by atoms with E-state index in [0.717, 1.165) is 12.8 Å². The van der Waals surface area contributed by atoms with Crippen LogP contribution in [0.4, 0.5) is 5.69 Å². The van der Waals surface area contributed by atoms with Gasteiger partial charge in [0.15, 0.2) is 0 Å². The van der Waals surface area contributed by atoms with Gasteiger partial charge in [-0.1, -0.05) is 0 Å². The fourth-order valence-electron chi connectivity index (χ4n) is 3.44. The molecule has 0 bridgehead atoms. The van der Waals surface area contributed by atoms with Crippen LogP contribution in [0.25, 0.3) is 0 Å². The van der Waals surface area contributed by atoms with Gasteiger partial charge >= 0.3 is 0 Å². The maximum Gasteiger partial charge on any atom is 0.243 e. The van der Waals surface area contributed by atoms with E-state index in [-0.39, 0.29) is 28.5 Å². The molecular weight excluding hydrogens is 342 g/mol. The first-order chi connectivity index (χ1) is 11.9. The van der Waals surface area contributed by atoms with Gasteiger partial charge in [0.2, 0.25) is 21.8 Å². The molecule has 3 aliphatic rings. The normalized spacial score (nSPS) is 24.1. The van der Waals surface area contributed by atoms with Crippen LogP contribution < -0.4 is 5.32 Å². The van der Waals surface area contributed by atoms with Crippen LogP contribution in [-0.4, -0.2) is 55.6 Å². The lowest BCUT2D eigenvalue weighted by Gasteiger charge is -2.34. The molecule has 0 radical (unpaired) electrons. The van der Waals surface area contributed by atoms with E-state index in [4.69, 9.17) is 0 Å². The van der Waals surface area contributed by atoms with Crippen molar-refractivity contribution in [3.63, 3.8) is 0 Å². The van der Waals surface area contributed by atoms with E-state index < -0.39 is 10.0 Å². The molecule has 4 rings (SSSR count). The zero-order chi connectivity index (χ0) is 17.8. The minimum Gasteiger partial charge on any atom is -0.340 e. The number of benzene rings is 1. The molecule has 0 spiro atoms. The summed E-state index contributed by atoms with van der Waals surface area (Å²) in [6, 6.07) is 4.78. The molecule has 25 heavy (non-hydrogen) atoms. The number of fused-ring (bicyclic) bond motifs is 1. The van der Waals surface area contributed by atoms with Gasteiger partial charge in [0.25, 0.3) is 0 Å². The monoisotopic (exact) mass is 363 g/mol. The number of anilines is 1. The molecule has 1 atom stereocenters. The maximum absolute atomic E-state index is 12.9. The van der Waals surface area contributed by atoms with Gasteiger partial charge in [-0.15, -0.1) is 0 Å². The molecule has 0 aromatic heterocycles. The Kier molecular flexibility index (Phi) is 3.84. The van der Waals surface area contributed by atoms with Crippen molar-refractivity contribution in [2.45, 2.75) is 30.6 Å². The first kappa shape index (κ1) is 16.5. The molecule has 8 heteroatoms. The SMILES string of the molecule is C[C@H]1C(=O)Nc2ccc(S(=O)(=O)N3CCN(C(=O)C4CC4)CC3)cc21. The fourth-order valence-corrected chi connectivity index (χ4v) is 4.90. The first-order valence-corrected chi connectivity index (χ1v) is 10.1. The van der Waals surface area contributed by atoms with Crippen molar-refractivity contribution in [1.82, 2.24) is 9.21 Å². The van der Waals surface area contributed by atoms with E-state index in [1.54, 1.807) is 24.0 Å². The van der Waals surface area contributed by atoms with Crippen LogP contribution in [0.5, 0.6) is 0 Å². The average molecular weight is 363 g/mol. The summed E-state index contributed by atoms with van der Waals surface area (Å²) in [4.78, 5) is 25.8. The van der Waals surface area contributed by atoms with Crippen LogP contribution >= 0.6 is 0 Å². The van der Waals surface area contributed by atoms with Gasteiger partial charge in [-0.3, -0.25) is 9.59 Å². The molecule has 2 amide bonds. The summed E-state index contributed by atoms with van der Waals surface area (Å²) in [5, 5.41) is 2.75. The Balaban J connectivity index is 1.51. The minimum absolute atomic E-state index is 0.114. The Labute approximate surface area is 147 Å². The van der Waals surface area contributed by atoms with E-state index in [9.17, 15) is 18.0 Å². The van der Waals surface area contributed by atoms with Crippen molar-refractivity contribution in [1.29, 1.82) is 0 Å². The van der Waals surface area contributed by atoms with Crippen molar-refractivity contribution in [2.75, 3.05) is 31.5 Å². The molecule has 7 nitrogen and oxygen atoms in total. The maximum atomic E-state index is 12.9. The molecule has 1 aromatic rings. The van der Waals surface area contributed by atoms with Crippen LogP contribution in [0.3, 0.4) is 0 Å². The highest BCUT2D eigenvalue weighted by atomic mass is 32.2. The molecule has 2 aliphatic heterocycles. The number of hydrogen-bond acceptors (Lipinski definition) is 4. The second-order valence-electron chi connectivity index (χ2n) is 6.96. The van der Waals surface area contributed by atoms with Crippen molar-refractivity contribution < 1.29 is 18.0 Å². The minimum atomic E-state index is -3.62. The highest BCUT2D eigenvalue weighted by Crippen LogP contribution is 2.35. The molecule has 1 aromatic carbocycles. The second kappa shape index (κ2) is 5.81. The number of hydrogen-bond donors (Lipinski definition) is 1. The van der Waals surface area contributed by atoms with Gasteiger partial charge in [-0.05, 0) is 43.5 Å². The molecule has 0 unspecified atom stereocenters. The van der Waals surface area contributed by atoms with E-state index in [1.807, 2.05) is 0 Å². The number of piperazine rings is 1. The highest BCUT2D eigenvalue weighted by molar-refractivity contribution is 7.89. The zero-order valence-corrected chi connectivity index (χ0v) is 14.9. The summed E-state index contributed by atoms with van der Waals surface area (Å²) < 4.78 is 27.3. The number of rotatable bonds is 3. The number of carbonyl (C=O) groups is 2. The van der Waals surface area contributed by atoms with Crippen LogP contribution in [0.1, 0.15) is 31.2 Å². The summed E-state index contributed by atoms with van der Waals surface area (Å²) >= 11 is 0. The first-order valence-electron chi connectivity index (χ1n) is 8.61. The van der Waals surface area contributed by atoms with Gasteiger partial charge in [-0.2, -0.15) is 4.31 Å². The Morgan fingerprint density at radius 1 is 1.16 bits per heavy atom. The third-order valence-corrected chi connectivity index (χ3v) is 7.15. The topological polar surface area (TPSA) is 86.8 Å². The Bertz CT molecular complexity index is 839. The van der Waals surface area contributed by atoms with Gasteiger partial charge in [-0.25, -0.2) is 8.42 Å². The van der Waals surface area contributed by atoms with Crippen molar-refractivity contribution in [3.05, 3.63) is 23.8 Å². The molecule has 1 saturated carbocycles. The Morgan fingerprint density at radius 3 is 2.48 bits per heavy atom. The largest absolute Gasteiger partial charge is 0.340 e. The number of sulfonamides is 1. The predicted octanol–water partition coefficient (Wildman–Crippen LogP) is 0.985. The third kappa shape index (κ3) is 2.83. The van der Waals surface area contributed by atoms with Crippen molar-refractivity contribution in [3.8, 4) is 0 Å². The predicted molar refractivity (Wildman–Crippen MR) is 91.5 cm³/mol. The third-order valence-electron chi connectivity index (χ3n) is 5.26.